The first-order chi connectivity index (χ1) is 10.5. The molecule has 0 aliphatic carbocycles. The molecule has 5 nitrogen and oxygen atoms in total. The number of carbonyl (C=O) groups excluding carboxylic acids is 2. The lowest BCUT2D eigenvalue weighted by molar-refractivity contribution is -0.131. The number of hydrogen-bond donors (Lipinski definition) is 2. The molecule has 0 spiro atoms. The first-order valence-electron chi connectivity index (χ1n) is 7.08. The molecule has 0 bridgehead atoms. The van der Waals surface area contributed by atoms with Crippen molar-refractivity contribution in [2.75, 3.05) is 0 Å². The van der Waals surface area contributed by atoms with Gasteiger partial charge in [0.1, 0.15) is 5.54 Å². The molecule has 0 radical (unpaired) electrons. The number of rotatable bonds is 6. The second kappa shape index (κ2) is 6.85. The number of benzene rings is 1. The van der Waals surface area contributed by atoms with Crippen LogP contribution in [0.1, 0.15) is 24.5 Å². The third-order valence-electron chi connectivity index (χ3n) is 3.62. The van der Waals surface area contributed by atoms with Gasteiger partial charge in [0.05, 0.1) is 0 Å². The number of primary amides is 1. The van der Waals surface area contributed by atoms with E-state index >= 15 is 0 Å². The minimum atomic E-state index is -1.21. The van der Waals surface area contributed by atoms with Crippen LogP contribution in [0.3, 0.4) is 0 Å². The Morgan fingerprint density at radius 3 is 2.36 bits per heavy atom. The Labute approximate surface area is 129 Å². The summed E-state index contributed by atoms with van der Waals surface area (Å²) in [6.07, 6.45) is 4.23. The quantitative estimate of drug-likeness (QED) is 0.848. The van der Waals surface area contributed by atoms with Gasteiger partial charge in [-0.3, -0.25) is 14.6 Å². The van der Waals surface area contributed by atoms with Crippen LogP contribution in [0.15, 0.2) is 54.9 Å². The maximum Gasteiger partial charge on any atom is 0.247 e. The van der Waals surface area contributed by atoms with Gasteiger partial charge in [-0.1, -0.05) is 30.3 Å². The van der Waals surface area contributed by atoms with Crippen molar-refractivity contribution in [1.29, 1.82) is 0 Å². The van der Waals surface area contributed by atoms with E-state index in [0.717, 1.165) is 5.56 Å². The summed E-state index contributed by atoms with van der Waals surface area (Å²) >= 11 is 0. The Bertz CT molecular complexity index is 643. The molecule has 1 aromatic carbocycles. The fraction of sp³-hybridized carbons (Fsp3) is 0.235. The van der Waals surface area contributed by atoms with Crippen molar-refractivity contribution in [3.8, 4) is 0 Å². The topological polar surface area (TPSA) is 85.1 Å². The molecule has 1 heterocycles. The Balaban J connectivity index is 2.05. The maximum atomic E-state index is 12.2. The molecule has 0 aliphatic rings. The number of aromatic nitrogens is 1. The highest BCUT2D eigenvalue weighted by Gasteiger charge is 2.34. The van der Waals surface area contributed by atoms with Gasteiger partial charge >= 0.3 is 0 Å². The van der Waals surface area contributed by atoms with E-state index in [-0.39, 0.29) is 12.3 Å². The number of nitrogens with two attached hydrogens (primary N) is 1. The Kier molecular flexibility index (Phi) is 4.88. The highest BCUT2D eigenvalue weighted by Crippen LogP contribution is 2.20. The van der Waals surface area contributed by atoms with Gasteiger partial charge in [-0.15, -0.1) is 0 Å². The molecule has 0 saturated carbocycles. The van der Waals surface area contributed by atoms with Gasteiger partial charge < -0.3 is 11.1 Å². The van der Waals surface area contributed by atoms with Crippen LogP contribution in [0.5, 0.6) is 0 Å². The normalized spacial score (nSPS) is 13.1. The van der Waals surface area contributed by atoms with Crippen LogP contribution in [0.2, 0.25) is 0 Å². The van der Waals surface area contributed by atoms with E-state index in [4.69, 9.17) is 5.73 Å². The highest BCUT2D eigenvalue weighted by atomic mass is 16.2. The molecule has 114 valence electrons. The summed E-state index contributed by atoms with van der Waals surface area (Å²) in [6, 6.07) is 12.7. The summed E-state index contributed by atoms with van der Waals surface area (Å²) in [5.41, 5.74) is 5.97. The fourth-order valence-electron chi connectivity index (χ4n) is 2.20. The van der Waals surface area contributed by atoms with Crippen LogP contribution in [-0.2, 0) is 21.5 Å². The molecule has 5 heteroatoms. The molecule has 0 fully saturated rings. The zero-order valence-corrected chi connectivity index (χ0v) is 12.5. The molecule has 1 aromatic heterocycles. The number of nitrogens with one attached hydrogen (secondary N) is 1. The predicted octanol–water partition coefficient (Wildman–Crippen LogP) is 1.53. The van der Waals surface area contributed by atoms with Crippen LogP contribution in [0.25, 0.3) is 0 Å². The van der Waals surface area contributed by atoms with Crippen LogP contribution in [-0.4, -0.2) is 16.8 Å². The van der Waals surface area contributed by atoms with Gasteiger partial charge in [-0.2, -0.15) is 0 Å². The molecule has 3 N–H and O–H groups in total. The van der Waals surface area contributed by atoms with Gasteiger partial charge in [-0.25, -0.2) is 0 Å². The molecule has 0 saturated heterocycles. The average Bonchev–Trinajstić information content (AvgIpc) is 2.54. The summed E-state index contributed by atoms with van der Waals surface area (Å²) in [5.74, 6) is -0.807. The molecule has 0 unspecified atom stereocenters. The lowest BCUT2D eigenvalue weighted by Gasteiger charge is -2.28. The van der Waals surface area contributed by atoms with Crippen LogP contribution < -0.4 is 11.1 Å². The fourth-order valence-corrected chi connectivity index (χ4v) is 2.20. The lowest BCUT2D eigenvalue weighted by atomic mass is 9.91. The van der Waals surface area contributed by atoms with E-state index in [0.29, 0.717) is 12.0 Å². The summed E-state index contributed by atoms with van der Waals surface area (Å²) in [6.45, 7) is 1.62. The minimum absolute atomic E-state index is 0.220. The Morgan fingerprint density at radius 1 is 1.14 bits per heavy atom. The first kappa shape index (κ1) is 15.7. The second-order valence-corrected chi connectivity index (χ2v) is 5.26. The first-order valence-corrected chi connectivity index (χ1v) is 7.08. The molecular weight excluding hydrogens is 278 g/mol. The third kappa shape index (κ3) is 3.69. The zero-order valence-electron chi connectivity index (χ0n) is 12.5. The molecular formula is C17H19N3O2. The molecule has 2 rings (SSSR count). The molecule has 2 aromatic rings. The van der Waals surface area contributed by atoms with E-state index in [1.54, 1.807) is 43.6 Å². The lowest BCUT2D eigenvalue weighted by Crippen LogP contribution is -2.52. The molecule has 0 aliphatic heterocycles. The van der Waals surface area contributed by atoms with E-state index in [9.17, 15) is 9.59 Å². The maximum absolute atomic E-state index is 12.2. The number of hydrogen-bond acceptors (Lipinski definition) is 3. The monoisotopic (exact) mass is 297 g/mol. The van der Waals surface area contributed by atoms with E-state index in [1.165, 1.54) is 0 Å². The van der Waals surface area contributed by atoms with E-state index < -0.39 is 11.4 Å². The second-order valence-electron chi connectivity index (χ2n) is 5.26. The number of carbonyl (C=O) groups is 2. The molecule has 22 heavy (non-hydrogen) atoms. The predicted molar refractivity (Wildman–Crippen MR) is 83.7 cm³/mol. The van der Waals surface area contributed by atoms with Crippen LogP contribution in [0.4, 0.5) is 0 Å². The van der Waals surface area contributed by atoms with Gasteiger partial charge in [0.2, 0.25) is 11.8 Å². The molecule has 2 amide bonds. The molecule has 1 atom stereocenters. The standard InChI is InChI=1S/C17H19N3O2/c1-17(16(18)22,14-5-3-2-4-6-14)20-15(21)8-7-13-9-11-19-12-10-13/h2-6,9-12H,7-8H2,1H3,(H2,18,22)(H,20,21)/t17-/m1/s1. The largest absolute Gasteiger partial charge is 0.367 e. The van der Waals surface area contributed by atoms with Crippen molar-refractivity contribution in [3.05, 3.63) is 66.0 Å². The number of pyridine rings is 1. The number of aryl methyl sites for hydroxylation is 1. The summed E-state index contributed by atoms with van der Waals surface area (Å²) in [5, 5.41) is 2.75. The van der Waals surface area contributed by atoms with Gasteiger partial charge in [0.25, 0.3) is 0 Å². The average molecular weight is 297 g/mol. The van der Waals surface area contributed by atoms with E-state index in [1.807, 2.05) is 18.2 Å². The smallest absolute Gasteiger partial charge is 0.247 e. The van der Waals surface area contributed by atoms with Crippen molar-refractivity contribution in [3.63, 3.8) is 0 Å². The number of nitrogens with zero attached hydrogens (tertiary/aromatic N) is 1. The van der Waals surface area contributed by atoms with Crippen molar-refractivity contribution in [1.82, 2.24) is 10.3 Å². The van der Waals surface area contributed by atoms with Gasteiger partial charge in [0, 0.05) is 18.8 Å². The van der Waals surface area contributed by atoms with Gasteiger partial charge in [-0.05, 0) is 36.6 Å². The Hall–Kier alpha value is -2.69. The third-order valence-corrected chi connectivity index (χ3v) is 3.62. The Morgan fingerprint density at radius 2 is 1.77 bits per heavy atom. The minimum Gasteiger partial charge on any atom is -0.367 e. The van der Waals surface area contributed by atoms with Crippen LogP contribution in [0, 0.1) is 0 Å². The van der Waals surface area contributed by atoms with E-state index in [2.05, 4.69) is 10.3 Å². The van der Waals surface area contributed by atoms with Crippen LogP contribution >= 0.6 is 0 Å². The van der Waals surface area contributed by atoms with Gasteiger partial charge in [0.15, 0.2) is 0 Å². The van der Waals surface area contributed by atoms with Crippen molar-refractivity contribution in [2.45, 2.75) is 25.3 Å². The van der Waals surface area contributed by atoms with Crippen molar-refractivity contribution < 1.29 is 9.59 Å². The van der Waals surface area contributed by atoms with Crippen molar-refractivity contribution in [2.24, 2.45) is 5.73 Å². The summed E-state index contributed by atoms with van der Waals surface area (Å²) in [7, 11) is 0. The summed E-state index contributed by atoms with van der Waals surface area (Å²) < 4.78 is 0. The SMILES string of the molecule is C[C@](NC(=O)CCc1ccncc1)(C(N)=O)c1ccccc1. The summed E-state index contributed by atoms with van der Waals surface area (Å²) in [4.78, 5) is 27.9. The highest BCUT2D eigenvalue weighted by molar-refractivity contribution is 5.91. The van der Waals surface area contributed by atoms with Crippen molar-refractivity contribution >= 4 is 11.8 Å². The zero-order chi connectivity index (χ0) is 16.0. The number of amides is 2.